The summed E-state index contributed by atoms with van der Waals surface area (Å²) in [5.41, 5.74) is 4.84. The highest BCUT2D eigenvalue weighted by molar-refractivity contribution is 6.04. The van der Waals surface area contributed by atoms with E-state index < -0.39 is 5.60 Å². The summed E-state index contributed by atoms with van der Waals surface area (Å²) >= 11 is 0. The third-order valence-electron chi connectivity index (χ3n) is 8.67. The summed E-state index contributed by atoms with van der Waals surface area (Å²) in [6, 6.07) is 10.2. The molecule has 3 aliphatic rings. The van der Waals surface area contributed by atoms with Gasteiger partial charge in [0.1, 0.15) is 0 Å². The van der Waals surface area contributed by atoms with Crippen LogP contribution in [0, 0.1) is 18.8 Å². The molecule has 5 rings (SSSR count). The lowest BCUT2D eigenvalue weighted by Crippen LogP contribution is -2.48. The quantitative estimate of drug-likeness (QED) is 0.544. The molecule has 3 atom stereocenters. The predicted molar refractivity (Wildman–Crippen MR) is 133 cm³/mol. The van der Waals surface area contributed by atoms with Crippen LogP contribution in [-0.4, -0.2) is 21.6 Å². The summed E-state index contributed by atoms with van der Waals surface area (Å²) in [6.45, 7) is 4.10. The summed E-state index contributed by atoms with van der Waals surface area (Å²) in [4.78, 5) is 17.4. The van der Waals surface area contributed by atoms with Crippen molar-refractivity contribution in [2.24, 2.45) is 11.8 Å². The molecule has 1 aromatic carbocycles. The number of aryl methyl sites for hydroxylation is 2. The first-order valence-electron chi connectivity index (χ1n) is 13.0. The Labute approximate surface area is 198 Å². The number of aromatic nitrogens is 1. The number of rotatable bonds is 6. The normalized spacial score (nSPS) is 29.0. The summed E-state index contributed by atoms with van der Waals surface area (Å²) in [5, 5.41) is 14.4. The minimum Gasteiger partial charge on any atom is -0.390 e. The molecule has 176 valence electrons. The van der Waals surface area contributed by atoms with Gasteiger partial charge in [-0.1, -0.05) is 32.3 Å². The average molecular weight is 447 g/mol. The molecule has 0 bridgehead atoms. The van der Waals surface area contributed by atoms with Crippen molar-refractivity contribution in [1.82, 2.24) is 4.98 Å². The van der Waals surface area contributed by atoms with Crippen LogP contribution >= 0.6 is 0 Å². The van der Waals surface area contributed by atoms with Gasteiger partial charge in [-0.25, -0.2) is 0 Å². The Balaban J connectivity index is 1.46. The lowest BCUT2D eigenvalue weighted by molar-refractivity contribution is -0.0562. The number of hydrogen-bond acceptors (Lipinski definition) is 3. The molecule has 1 aromatic heterocycles. The molecule has 1 heterocycles. The molecule has 0 spiro atoms. The Kier molecular flexibility index (Phi) is 6.07. The van der Waals surface area contributed by atoms with Gasteiger partial charge in [-0.3, -0.25) is 9.78 Å². The molecule has 3 aliphatic carbocycles. The maximum absolute atomic E-state index is 13.1. The zero-order chi connectivity index (χ0) is 23.1. The van der Waals surface area contributed by atoms with E-state index in [1.807, 2.05) is 25.1 Å². The number of aliphatic hydroxyl groups is 1. The number of carbonyl (C=O) groups is 1. The molecular weight excluding hydrogens is 408 g/mol. The molecule has 0 saturated heterocycles. The smallest absolute Gasteiger partial charge is 0.255 e. The van der Waals surface area contributed by atoms with Gasteiger partial charge in [-0.15, -0.1) is 0 Å². The third kappa shape index (κ3) is 4.47. The van der Waals surface area contributed by atoms with Gasteiger partial charge in [0.05, 0.1) is 17.0 Å². The van der Waals surface area contributed by atoms with Crippen LogP contribution in [0.1, 0.15) is 98.3 Å². The molecule has 0 radical (unpaired) electrons. The number of pyridine rings is 1. The number of nitrogens with one attached hydrogen (secondary N) is 1. The van der Waals surface area contributed by atoms with E-state index in [9.17, 15) is 9.90 Å². The van der Waals surface area contributed by atoms with Crippen LogP contribution in [0.5, 0.6) is 0 Å². The van der Waals surface area contributed by atoms with Gasteiger partial charge in [0.25, 0.3) is 5.91 Å². The topological polar surface area (TPSA) is 62.2 Å². The molecule has 2 aromatic rings. The SMILES string of the molecule is CCC[C@]1(O)CC[C@]2(CC3CC3)c3ccc(C(=O)Nc4cccnc4C)cc3CCC[C@@H]2C1. The number of hydrogen-bond donors (Lipinski definition) is 2. The molecule has 33 heavy (non-hydrogen) atoms. The van der Waals surface area contributed by atoms with Gasteiger partial charge < -0.3 is 10.4 Å². The molecular formula is C29H38N2O2. The van der Waals surface area contributed by atoms with Crippen LogP contribution in [0.3, 0.4) is 0 Å². The van der Waals surface area contributed by atoms with E-state index in [2.05, 4.69) is 29.4 Å². The first-order valence-corrected chi connectivity index (χ1v) is 13.0. The van der Waals surface area contributed by atoms with Crippen molar-refractivity contribution in [3.63, 3.8) is 0 Å². The second-order valence-electron chi connectivity index (χ2n) is 11.0. The fourth-order valence-electron chi connectivity index (χ4n) is 6.83. The van der Waals surface area contributed by atoms with E-state index in [-0.39, 0.29) is 11.3 Å². The van der Waals surface area contributed by atoms with Crippen molar-refractivity contribution in [1.29, 1.82) is 0 Å². The summed E-state index contributed by atoms with van der Waals surface area (Å²) in [5.74, 6) is 1.32. The number of benzene rings is 1. The minimum atomic E-state index is -0.488. The zero-order valence-electron chi connectivity index (χ0n) is 20.2. The second kappa shape index (κ2) is 8.87. The molecule has 0 aliphatic heterocycles. The van der Waals surface area contributed by atoms with Crippen LogP contribution in [-0.2, 0) is 11.8 Å². The molecule has 4 heteroatoms. The monoisotopic (exact) mass is 446 g/mol. The molecule has 0 unspecified atom stereocenters. The molecule has 2 saturated carbocycles. The Morgan fingerprint density at radius 1 is 1.21 bits per heavy atom. The van der Waals surface area contributed by atoms with E-state index in [1.165, 1.54) is 36.8 Å². The van der Waals surface area contributed by atoms with E-state index in [0.29, 0.717) is 5.92 Å². The summed E-state index contributed by atoms with van der Waals surface area (Å²) in [7, 11) is 0. The standard InChI is InChI=1S/C29H38N2O2/c1-3-13-28(33)14-15-29(18-21-9-10-21)24(19-28)7-4-6-22-17-23(11-12-25(22)29)27(32)31-26-8-5-16-30-20(26)2/h5,8,11-12,16-17,21,24,33H,3-4,6-7,9-10,13-15,18-19H2,1-2H3,(H,31,32)/t24-,28+,29-/m1/s1. The van der Waals surface area contributed by atoms with E-state index in [1.54, 1.807) is 6.20 Å². The number of fused-ring (bicyclic) bond motifs is 3. The van der Waals surface area contributed by atoms with E-state index >= 15 is 0 Å². The molecule has 2 fully saturated rings. The lowest BCUT2D eigenvalue weighted by Gasteiger charge is -2.51. The Hall–Kier alpha value is -2.20. The Bertz CT molecular complexity index is 1030. The first-order chi connectivity index (χ1) is 15.9. The Morgan fingerprint density at radius 2 is 2.06 bits per heavy atom. The predicted octanol–water partition coefficient (Wildman–Crippen LogP) is 6.35. The van der Waals surface area contributed by atoms with Crippen molar-refractivity contribution in [3.8, 4) is 0 Å². The highest BCUT2D eigenvalue weighted by Gasteiger charge is 2.52. The van der Waals surface area contributed by atoms with E-state index in [4.69, 9.17) is 0 Å². The van der Waals surface area contributed by atoms with E-state index in [0.717, 1.165) is 67.8 Å². The molecule has 4 nitrogen and oxygen atoms in total. The molecule has 2 N–H and O–H groups in total. The van der Waals surface area contributed by atoms with Crippen LogP contribution in [0.25, 0.3) is 0 Å². The van der Waals surface area contributed by atoms with Gasteiger partial charge >= 0.3 is 0 Å². The Morgan fingerprint density at radius 3 is 2.82 bits per heavy atom. The van der Waals surface area contributed by atoms with Crippen LogP contribution in [0.4, 0.5) is 5.69 Å². The van der Waals surface area contributed by atoms with Gasteiger partial charge in [0.2, 0.25) is 0 Å². The first kappa shape index (κ1) is 22.6. The fourth-order valence-corrected chi connectivity index (χ4v) is 6.83. The maximum Gasteiger partial charge on any atom is 0.255 e. The van der Waals surface area contributed by atoms with Crippen molar-refractivity contribution in [3.05, 3.63) is 58.9 Å². The maximum atomic E-state index is 13.1. The number of amides is 1. The highest BCUT2D eigenvalue weighted by atomic mass is 16.3. The second-order valence-corrected chi connectivity index (χ2v) is 11.0. The van der Waals surface area contributed by atoms with Crippen LogP contribution in [0.15, 0.2) is 36.5 Å². The number of nitrogens with zero attached hydrogens (tertiary/aromatic N) is 1. The van der Waals surface area contributed by atoms with Crippen molar-refractivity contribution in [2.45, 2.75) is 95.5 Å². The highest BCUT2D eigenvalue weighted by Crippen LogP contribution is 2.57. The van der Waals surface area contributed by atoms with Crippen molar-refractivity contribution >= 4 is 11.6 Å². The third-order valence-corrected chi connectivity index (χ3v) is 8.67. The summed E-state index contributed by atoms with van der Waals surface area (Å²) < 4.78 is 0. The van der Waals surface area contributed by atoms with Gasteiger partial charge in [0, 0.05) is 11.8 Å². The lowest BCUT2D eigenvalue weighted by atomic mass is 9.55. The van der Waals surface area contributed by atoms with Gasteiger partial charge in [-0.05, 0) is 111 Å². The summed E-state index contributed by atoms with van der Waals surface area (Å²) in [6.07, 6.45) is 14.0. The van der Waals surface area contributed by atoms with Gasteiger partial charge in [0.15, 0.2) is 0 Å². The number of anilines is 1. The van der Waals surface area contributed by atoms with Crippen LogP contribution in [0.2, 0.25) is 0 Å². The van der Waals surface area contributed by atoms with Crippen LogP contribution < -0.4 is 5.32 Å². The zero-order valence-corrected chi connectivity index (χ0v) is 20.2. The van der Waals surface area contributed by atoms with Gasteiger partial charge in [-0.2, -0.15) is 0 Å². The molecule has 1 amide bonds. The number of carbonyl (C=O) groups excluding carboxylic acids is 1. The van der Waals surface area contributed by atoms with Crippen molar-refractivity contribution < 1.29 is 9.90 Å². The minimum absolute atomic E-state index is 0.0631. The van der Waals surface area contributed by atoms with Crippen molar-refractivity contribution in [2.75, 3.05) is 5.32 Å². The average Bonchev–Trinajstić information content (AvgIpc) is 3.62. The fraction of sp³-hybridized carbons (Fsp3) is 0.586. The largest absolute Gasteiger partial charge is 0.390 e.